The van der Waals surface area contributed by atoms with E-state index in [9.17, 15) is 4.79 Å². The average Bonchev–Trinajstić information content (AvgIpc) is 2.31. The Hall–Kier alpha value is -1.68. The van der Waals surface area contributed by atoms with Gasteiger partial charge in [0.2, 0.25) is 0 Å². The lowest BCUT2D eigenvalue weighted by Gasteiger charge is -2.61. The standard InChI is InChI=1S/C17H21N3O/c1-9-4-12(10(2)18)14-13(5-9)15(21)20(3)16(19-14)17-6-11(7-17)8-17/h4-5,10-11H,6-8,18H2,1-3H3. The zero-order chi connectivity index (χ0) is 14.9. The van der Waals surface area contributed by atoms with Crippen molar-refractivity contribution in [3.8, 4) is 0 Å². The molecule has 1 atom stereocenters. The molecule has 2 aromatic rings. The molecule has 2 N–H and O–H groups in total. The van der Waals surface area contributed by atoms with Crippen molar-refractivity contribution in [2.24, 2.45) is 18.7 Å². The Kier molecular flexibility index (Phi) is 2.45. The zero-order valence-electron chi connectivity index (χ0n) is 12.8. The fraction of sp³-hybridized carbons (Fsp3) is 0.529. The summed E-state index contributed by atoms with van der Waals surface area (Å²) >= 11 is 0. The van der Waals surface area contributed by atoms with Crippen LogP contribution in [0.2, 0.25) is 0 Å². The van der Waals surface area contributed by atoms with E-state index in [-0.39, 0.29) is 17.0 Å². The van der Waals surface area contributed by atoms with Crippen LogP contribution in [0.25, 0.3) is 10.9 Å². The molecule has 1 unspecified atom stereocenters. The Morgan fingerprint density at radius 3 is 2.57 bits per heavy atom. The van der Waals surface area contributed by atoms with E-state index >= 15 is 0 Å². The van der Waals surface area contributed by atoms with E-state index in [1.165, 1.54) is 19.3 Å². The van der Waals surface area contributed by atoms with E-state index in [1.807, 2.05) is 27.0 Å². The minimum Gasteiger partial charge on any atom is -0.324 e. The number of aromatic nitrogens is 2. The normalized spacial score (nSPS) is 28.1. The topological polar surface area (TPSA) is 60.9 Å². The molecule has 5 rings (SSSR count). The Balaban J connectivity index is 2.06. The van der Waals surface area contributed by atoms with E-state index in [1.54, 1.807) is 4.57 Å². The molecule has 4 nitrogen and oxygen atoms in total. The van der Waals surface area contributed by atoms with Crippen LogP contribution >= 0.6 is 0 Å². The SMILES string of the molecule is Cc1cc(C(C)N)c2nc(C34CC(C3)C4)n(C)c(=O)c2c1. The minimum atomic E-state index is -0.118. The van der Waals surface area contributed by atoms with Gasteiger partial charge in [-0.25, -0.2) is 4.98 Å². The predicted molar refractivity (Wildman–Crippen MR) is 83.3 cm³/mol. The number of nitrogens with two attached hydrogens (primary N) is 1. The van der Waals surface area contributed by atoms with Gasteiger partial charge in [0.15, 0.2) is 0 Å². The highest BCUT2D eigenvalue weighted by Crippen LogP contribution is 2.64. The van der Waals surface area contributed by atoms with Crippen LogP contribution in [-0.2, 0) is 12.5 Å². The first kappa shape index (κ1) is 13.0. The molecule has 3 fully saturated rings. The fourth-order valence-electron chi connectivity index (χ4n) is 4.13. The molecule has 0 amide bonds. The molecular weight excluding hydrogens is 262 g/mol. The molecule has 1 aromatic heterocycles. The highest BCUT2D eigenvalue weighted by atomic mass is 16.1. The van der Waals surface area contributed by atoms with E-state index in [2.05, 4.69) is 6.07 Å². The van der Waals surface area contributed by atoms with Crippen LogP contribution in [-0.4, -0.2) is 9.55 Å². The van der Waals surface area contributed by atoms with Gasteiger partial charge < -0.3 is 5.73 Å². The Morgan fingerprint density at radius 1 is 1.38 bits per heavy atom. The van der Waals surface area contributed by atoms with Crippen LogP contribution in [0.15, 0.2) is 16.9 Å². The third kappa shape index (κ3) is 1.59. The van der Waals surface area contributed by atoms with E-state index in [4.69, 9.17) is 10.7 Å². The monoisotopic (exact) mass is 283 g/mol. The highest BCUT2D eigenvalue weighted by Gasteiger charge is 2.59. The molecule has 3 aliphatic rings. The second-order valence-electron chi connectivity index (χ2n) is 7.10. The summed E-state index contributed by atoms with van der Waals surface area (Å²) in [5.41, 5.74) is 9.19. The molecule has 1 aromatic carbocycles. The highest BCUT2D eigenvalue weighted by molar-refractivity contribution is 5.82. The van der Waals surface area contributed by atoms with Crippen LogP contribution in [0, 0.1) is 12.8 Å². The molecule has 21 heavy (non-hydrogen) atoms. The number of nitrogens with zero attached hydrogens (tertiary/aromatic N) is 2. The predicted octanol–water partition coefficient (Wildman–Crippen LogP) is 2.31. The largest absolute Gasteiger partial charge is 0.324 e. The molecule has 0 radical (unpaired) electrons. The van der Waals surface area contributed by atoms with Gasteiger partial charge in [-0.1, -0.05) is 6.07 Å². The Morgan fingerprint density at radius 2 is 2.05 bits per heavy atom. The maximum Gasteiger partial charge on any atom is 0.261 e. The van der Waals surface area contributed by atoms with Crippen LogP contribution in [0.5, 0.6) is 0 Å². The second-order valence-corrected chi connectivity index (χ2v) is 7.10. The zero-order valence-corrected chi connectivity index (χ0v) is 12.8. The summed E-state index contributed by atoms with van der Waals surface area (Å²) < 4.78 is 1.77. The number of benzene rings is 1. The lowest BCUT2D eigenvalue weighted by atomic mass is 9.44. The van der Waals surface area contributed by atoms with Gasteiger partial charge in [-0.15, -0.1) is 0 Å². The third-order valence-corrected chi connectivity index (χ3v) is 5.36. The molecular formula is C17H21N3O. The van der Waals surface area contributed by atoms with Gasteiger partial charge in [0.05, 0.1) is 10.9 Å². The van der Waals surface area contributed by atoms with Gasteiger partial charge in [-0.3, -0.25) is 9.36 Å². The van der Waals surface area contributed by atoms with E-state index in [0.29, 0.717) is 5.39 Å². The number of hydrogen-bond donors (Lipinski definition) is 1. The summed E-state index contributed by atoms with van der Waals surface area (Å²) in [4.78, 5) is 17.7. The summed E-state index contributed by atoms with van der Waals surface area (Å²) in [7, 11) is 1.86. The summed E-state index contributed by atoms with van der Waals surface area (Å²) in [5, 5.41) is 0.695. The third-order valence-electron chi connectivity index (χ3n) is 5.36. The summed E-state index contributed by atoms with van der Waals surface area (Å²) in [6, 6.07) is 3.88. The Labute approximate surface area is 124 Å². The lowest BCUT2D eigenvalue weighted by Crippen LogP contribution is -2.57. The average molecular weight is 283 g/mol. The lowest BCUT2D eigenvalue weighted by molar-refractivity contribution is -0.0373. The van der Waals surface area contributed by atoms with Gasteiger partial charge in [-0.2, -0.15) is 0 Å². The van der Waals surface area contributed by atoms with Gasteiger partial charge in [0.25, 0.3) is 5.56 Å². The maximum absolute atomic E-state index is 12.8. The number of aryl methyl sites for hydroxylation is 1. The van der Waals surface area contributed by atoms with Gasteiger partial charge in [-0.05, 0) is 56.2 Å². The molecule has 2 bridgehead atoms. The number of fused-ring (bicyclic) bond motifs is 1. The quantitative estimate of drug-likeness (QED) is 0.920. The van der Waals surface area contributed by atoms with E-state index in [0.717, 1.165) is 28.4 Å². The molecule has 1 heterocycles. The van der Waals surface area contributed by atoms with Crippen molar-refractivity contribution in [1.82, 2.24) is 9.55 Å². The first-order valence-corrected chi connectivity index (χ1v) is 7.69. The van der Waals surface area contributed by atoms with E-state index < -0.39 is 0 Å². The maximum atomic E-state index is 12.8. The minimum absolute atomic E-state index is 0.0605. The molecule has 0 spiro atoms. The smallest absolute Gasteiger partial charge is 0.261 e. The van der Waals surface area contributed by atoms with Crippen molar-refractivity contribution in [2.75, 3.05) is 0 Å². The number of hydrogen-bond acceptors (Lipinski definition) is 3. The summed E-state index contributed by atoms with van der Waals surface area (Å²) in [6.07, 6.45) is 3.58. The first-order chi connectivity index (χ1) is 9.91. The van der Waals surface area contributed by atoms with Crippen molar-refractivity contribution < 1.29 is 0 Å². The first-order valence-electron chi connectivity index (χ1n) is 7.69. The number of rotatable bonds is 2. The molecule has 110 valence electrons. The summed E-state index contributed by atoms with van der Waals surface area (Å²) in [6.45, 7) is 3.95. The summed E-state index contributed by atoms with van der Waals surface area (Å²) in [5.74, 6) is 1.83. The van der Waals surface area contributed by atoms with Crippen LogP contribution in [0.3, 0.4) is 0 Å². The van der Waals surface area contributed by atoms with Crippen molar-refractivity contribution >= 4 is 10.9 Å². The van der Waals surface area contributed by atoms with Gasteiger partial charge >= 0.3 is 0 Å². The Bertz CT molecular complexity index is 802. The molecule has 3 aliphatic carbocycles. The van der Waals surface area contributed by atoms with Crippen molar-refractivity contribution in [2.45, 2.75) is 44.6 Å². The molecule has 3 saturated carbocycles. The van der Waals surface area contributed by atoms with Crippen molar-refractivity contribution in [3.05, 3.63) is 39.4 Å². The van der Waals surface area contributed by atoms with Gasteiger partial charge in [0.1, 0.15) is 5.82 Å². The van der Waals surface area contributed by atoms with Gasteiger partial charge in [0, 0.05) is 18.5 Å². The van der Waals surface area contributed by atoms with Crippen LogP contribution in [0.4, 0.5) is 0 Å². The van der Waals surface area contributed by atoms with Crippen molar-refractivity contribution in [1.29, 1.82) is 0 Å². The fourth-order valence-corrected chi connectivity index (χ4v) is 4.13. The molecule has 4 heteroatoms. The van der Waals surface area contributed by atoms with Crippen LogP contribution in [0.1, 0.15) is 49.2 Å². The van der Waals surface area contributed by atoms with Crippen LogP contribution < -0.4 is 11.3 Å². The molecule has 0 saturated heterocycles. The second kappa shape index (κ2) is 3.95. The molecule has 0 aliphatic heterocycles. The van der Waals surface area contributed by atoms with Crippen molar-refractivity contribution in [3.63, 3.8) is 0 Å².